The maximum Gasteiger partial charge on any atom is 0.308 e. The Morgan fingerprint density at radius 3 is 2.31 bits per heavy atom. The molecule has 3 aliphatic rings. The molecule has 1 aromatic carbocycles. The fourth-order valence-electron chi connectivity index (χ4n) is 5.58. The highest BCUT2D eigenvalue weighted by molar-refractivity contribution is 5.98. The molecule has 0 spiro atoms. The number of hydrogen-bond acceptors (Lipinski definition) is 6. The average molecular weight is 494 g/mol. The lowest BCUT2D eigenvalue weighted by Gasteiger charge is -2.29. The third-order valence-corrected chi connectivity index (χ3v) is 7.49. The summed E-state index contributed by atoms with van der Waals surface area (Å²) in [5.74, 6) is -2.33. The molecule has 4 atom stereocenters. The minimum Gasteiger partial charge on any atom is -0.496 e. The molecule has 1 amide bonds. The van der Waals surface area contributed by atoms with E-state index in [4.69, 9.17) is 9.47 Å². The van der Waals surface area contributed by atoms with Crippen LogP contribution in [-0.4, -0.2) is 56.2 Å². The SMILES string of the molecule is CCOC.COc1cc(F)c(OC2CCC(C=O)CC2)cc1C(=O)NC1C2CCC(C2)C1C(=O)O. The normalized spacial score (nSPS) is 29.0. The summed E-state index contributed by atoms with van der Waals surface area (Å²) in [4.78, 5) is 35.7. The Morgan fingerprint density at radius 1 is 1.09 bits per heavy atom. The molecule has 3 saturated carbocycles. The molecule has 0 aliphatic heterocycles. The van der Waals surface area contributed by atoms with Gasteiger partial charge in [-0.25, -0.2) is 4.39 Å². The highest BCUT2D eigenvalue weighted by Crippen LogP contribution is 2.48. The number of aliphatic carboxylic acids is 1. The minimum atomic E-state index is -0.890. The first kappa shape index (κ1) is 26.9. The van der Waals surface area contributed by atoms with Crippen molar-refractivity contribution in [2.24, 2.45) is 23.7 Å². The van der Waals surface area contributed by atoms with Gasteiger partial charge in [-0.3, -0.25) is 9.59 Å². The van der Waals surface area contributed by atoms with E-state index in [9.17, 15) is 23.9 Å². The first-order chi connectivity index (χ1) is 16.8. The Hall–Kier alpha value is -2.68. The van der Waals surface area contributed by atoms with Gasteiger partial charge < -0.3 is 29.4 Å². The van der Waals surface area contributed by atoms with Crippen molar-refractivity contribution in [2.45, 2.75) is 64.0 Å². The predicted molar refractivity (Wildman–Crippen MR) is 126 cm³/mol. The number of carbonyl (C=O) groups excluding carboxylic acids is 2. The van der Waals surface area contributed by atoms with Gasteiger partial charge in [-0.05, 0) is 69.8 Å². The van der Waals surface area contributed by atoms with E-state index in [1.807, 2.05) is 6.92 Å². The fourth-order valence-corrected chi connectivity index (χ4v) is 5.58. The van der Waals surface area contributed by atoms with E-state index in [1.54, 1.807) is 7.11 Å². The third-order valence-electron chi connectivity index (χ3n) is 7.49. The van der Waals surface area contributed by atoms with Crippen LogP contribution in [0, 0.1) is 29.5 Å². The van der Waals surface area contributed by atoms with Gasteiger partial charge in [-0.1, -0.05) is 0 Å². The van der Waals surface area contributed by atoms with E-state index < -0.39 is 29.7 Å². The van der Waals surface area contributed by atoms with Crippen LogP contribution in [0.1, 0.15) is 62.2 Å². The number of nitrogens with one attached hydrogen (secondary N) is 1. The van der Waals surface area contributed by atoms with E-state index in [-0.39, 0.29) is 40.9 Å². The molecule has 4 unspecified atom stereocenters. The Bertz CT molecular complexity index is 898. The number of methoxy groups -OCH3 is 2. The van der Waals surface area contributed by atoms with Gasteiger partial charge in [0.2, 0.25) is 0 Å². The predicted octanol–water partition coefficient (Wildman–Crippen LogP) is 3.85. The van der Waals surface area contributed by atoms with Gasteiger partial charge in [0.1, 0.15) is 12.0 Å². The van der Waals surface area contributed by atoms with Crippen molar-refractivity contribution in [1.29, 1.82) is 0 Å². The van der Waals surface area contributed by atoms with Crippen LogP contribution in [0.15, 0.2) is 12.1 Å². The Morgan fingerprint density at radius 2 is 1.74 bits per heavy atom. The van der Waals surface area contributed by atoms with Crippen molar-refractivity contribution in [3.05, 3.63) is 23.5 Å². The Kier molecular flexibility index (Phi) is 9.48. The zero-order valence-corrected chi connectivity index (χ0v) is 20.6. The van der Waals surface area contributed by atoms with Gasteiger partial charge in [0, 0.05) is 31.7 Å². The molecule has 8 nitrogen and oxygen atoms in total. The summed E-state index contributed by atoms with van der Waals surface area (Å²) in [7, 11) is 3.03. The minimum absolute atomic E-state index is 0.0193. The lowest BCUT2D eigenvalue weighted by atomic mass is 9.84. The first-order valence-corrected chi connectivity index (χ1v) is 12.3. The second kappa shape index (κ2) is 12.3. The van der Waals surface area contributed by atoms with Crippen molar-refractivity contribution >= 4 is 18.2 Å². The molecule has 0 saturated heterocycles. The number of fused-ring (bicyclic) bond motifs is 2. The largest absolute Gasteiger partial charge is 0.496 e. The molecular formula is C26H36FNO7. The summed E-state index contributed by atoms with van der Waals surface area (Å²) in [6.45, 7) is 2.78. The van der Waals surface area contributed by atoms with E-state index in [0.717, 1.165) is 38.2 Å². The van der Waals surface area contributed by atoms with Crippen LogP contribution in [0.4, 0.5) is 4.39 Å². The fraction of sp³-hybridized carbons (Fsp3) is 0.654. The summed E-state index contributed by atoms with van der Waals surface area (Å²) in [6.07, 6.45) is 5.98. The first-order valence-electron chi connectivity index (χ1n) is 12.3. The third kappa shape index (κ3) is 6.31. The quantitative estimate of drug-likeness (QED) is 0.529. The second-order valence-corrected chi connectivity index (χ2v) is 9.55. The lowest BCUT2D eigenvalue weighted by Crippen LogP contribution is -2.46. The molecule has 2 N–H and O–H groups in total. The van der Waals surface area contributed by atoms with Gasteiger partial charge >= 0.3 is 5.97 Å². The molecule has 3 aliphatic carbocycles. The number of carbonyl (C=O) groups is 3. The second-order valence-electron chi connectivity index (χ2n) is 9.55. The number of hydrogen-bond donors (Lipinski definition) is 2. The molecule has 0 radical (unpaired) electrons. The van der Waals surface area contributed by atoms with Gasteiger partial charge in [0.05, 0.1) is 24.7 Å². The van der Waals surface area contributed by atoms with Crippen molar-refractivity contribution in [3.63, 3.8) is 0 Å². The number of carboxylic acid groups (broad SMARTS) is 1. The zero-order chi connectivity index (χ0) is 25.5. The van der Waals surface area contributed by atoms with Crippen LogP contribution >= 0.6 is 0 Å². The molecule has 2 bridgehead atoms. The highest BCUT2D eigenvalue weighted by atomic mass is 19.1. The Balaban J connectivity index is 0.000000795. The number of benzene rings is 1. The summed E-state index contributed by atoms with van der Waals surface area (Å²) < 4.78 is 30.2. The van der Waals surface area contributed by atoms with Crippen LogP contribution in [0.5, 0.6) is 11.5 Å². The van der Waals surface area contributed by atoms with Crippen LogP contribution < -0.4 is 14.8 Å². The number of rotatable bonds is 8. The molecular weight excluding hydrogens is 457 g/mol. The average Bonchev–Trinajstić information content (AvgIpc) is 3.47. The van der Waals surface area contributed by atoms with Crippen molar-refractivity contribution < 1.29 is 38.1 Å². The number of aldehydes is 1. The molecule has 0 heterocycles. The number of amides is 1. The molecule has 194 valence electrons. The van der Waals surface area contributed by atoms with E-state index in [0.29, 0.717) is 25.7 Å². The van der Waals surface area contributed by atoms with Crippen molar-refractivity contribution in [2.75, 3.05) is 20.8 Å². The summed E-state index contributed by atoms with van der Waals surface area (Å²) in [5, 5.41) is 12.5. The van der Waals surface area contributed by atoms with Gasteiger partial charge in [0.25, 0.3) is 5.91 Å². The van der Waals surface area contributed by atoms with Gasteiger partial charge in [0.15, 0.2) is 11.6 Å². The van der Waals surface area contributed by atoms with Gasteiger partial charge in [-0.2, -0.15) is 0 Å². The molecule has 0 aromatic heterocycles. The molecule has 9 heteroatoms. The number of halogens is 1. The van der Waals surface area contributed by atoms with E-state index >= 15 is 0 Å². The van der Waals surface area contributed by atoms with Gasteiger partial charge in [-0.15, -0.1) is 0 Å². The maximum atomic E-state index is 14.6. The number of ether oxygens (including phenoxy) is 3. The van der Waals surface area contributed by atoms with Crippen LogP contribution in [0.2, 0.25) is 0 Å². The summed E-state index contributed by atoms with van der Waals surface area (Å²) >= 11 is 0. The monoisotopic (exact) mass is 493 g/mol. The van der Waals surface area contributed by atoms with Crippen LogP contribution in [0.25, 0.3) is 0 Å². The molecule has 35 heavy (non-hydrogen) atoms. The van der Waals surface area contributed by atoms with Crippen molar-refractivity contribution in [3.8, 4) is 11.5 Å². The number of carboxylic acids is 1. The van der Waals surface area contributed by atoms with Crippen LogP contribution in [-0.2, 0) is 14.3 Å². The summed E-state index contributed by atoms with van der Waals surface area (Å²) in [5.41, 5.74) is 0.118. The molecule has 4 rings (SSSR count). The highest BCUT2D eigenvalue weighted by Gasteiger charge is 2.51. The van der Waals surface area contributed by atoms with E-state index in [2.05, 4.69) is 10.1 Å². The lowest BCUT2D eigenvalue weighted by molar-refractivity contribution is -0.144. The maximum absolute atomic E-state index is 14.6. The Labute approximate surface area is 205 Å². The topological polar surface area (TPSA) is 111 Å². The molecule has 3 fully saturated rings. The summed E-state index contributed by atoms with van der Waals surface area (Å²) in [6, 6.07) is 2.01. The smallest absolute Gasteiger partial charge is 0.308 e. The molecule has 1 aromatic rings. The van der Waals surface area contributed by atoms with E-state index in [1.165, 1.54) is 13.2 Å². The van der Waals surface area contributed by atoms with Crippen molar-refractivity contribution in [1.82, 2.24) is 5.32 Å². The van der Waals surface area contributed by atoms with Crippen LogP contribution in [0.3, 0.4) is 0 Å². The standard InChI is InChI=1S/C23H28FNO6.C3H8O/c1-30-18-10-17(24)19(31-15-6-2-12(11-26)3-7-15)9-16(18)22(27)25-21-14-5-4-13(8-14)20(21)23(28)29;1-3-4-2/h9-15,20-21H,2-8H2,1H3,(H,25,27)(H,28,29);3H2,1-2H3. The zero-order valence-electron chi connectivity index (χ0n) is 20.6.